The van der Waals surface area contributed by atoms with Crippen molar-refractivity contribution in [3.8, 4) is 0 Å². The van der Waals surface area contributed by atoms with Crippen LogP contribution in [0.5, 0.6) is 0 Å². The minimum absolute atomic E-state index is 0.209. The first-order chi connectivity index (χ1) is 9.55. The van der Waals surface area contributed by atoms with Crippen molar-refractivity contribution in [1.29, 1.82) is 0 Å². The summed E-state index contributed by atoms with van der Waals surface area (Å²) in [5, 5.41) is 0. The van der Waals surface area contributed by atoms with Crippen LogP contribution in [0.15, 0.2) is 12.1 Å². The average Bonchev–Trinajstić information content (AvgIpc) is 2.92. The van der Waals surface area contributed by atoms with Crippen molar-refractivity contribution < 1.29 is 0 Å². The molecular weight excluding hydrogens is 242 g/mol. The molecule has 2 N–H and O–H groups in total. The summed E-state index contributed by atoms with van der Waals surface area (Å²) < 4.78 is 0. The van der Waals surface area contributed by atoms with E-state index < -0.39 is 0 Å². The molecule has 0 radical (unpaired) electrons. The lowest BCUT2D eigenvalue weighted by molar-refractivity contribution is 0.263. The highest BCUT2D eigenvalue weighted by atomic mass is 14.7. The van der Waals surface area contributed by atoms with Crippen molar-refractivity contribution in [2.75, 3.05) is 0 Å². The number of hydrogen-bond acceptors (Lipinski definition) is 1. The first-order valence-corrected chi connectivity index (χ1v) is 8.45. The summed E-state index contributed by atoms with van der Waals surface area (Å²) in [4.78, 5) is 0. The Morgan fingerprint density at radius 2 is 1.50 bits per heavy atom. The smallest absolute Gasteiger partial charge is 0.0354 e. The fraction of sp³-hybridized carbons (Fsp3) is 0.684. The Labute approximate surface area is 125 Å². The van der Waals surface area contributed by atoms with Gasteiger partial charge in [-0.15, -0.1) is 0 Å². The standard InChI is InChI=1S/C19H31N/c1-5-14-12-15(6-2)17(16(7-3)13-14)18(20)19(4)10-8-9-11-19/h12-13,18H,5-11,20H2,1-4H3. The van der Waals surface area contributed by atoms with Gasteiger partial charge >= 0.3 is 0 Å². The predicted molar refractivity (Wildman–Crippen MR) is 88.1 cm³/mol. The van der Waals surface area contributed by atoms with Crippen LogP contribution in [-0.4, -0.2) is 0 Å². The van der Waals surface area contributed by atoms with Crippen LogP contribution in [0.25, 0.3) is 0 Å². The lowest BCUT2D eigenvalue weighted by Crippen LogP contribution is -2.31. The maximum absolute atomic E-state index is 6.78. The van der Waals surface area contributed by atoms with Crippen molar-refractivity contribution in [3.05, 3.63) is 34.4 Å². The molecule has 0 spiro atoms. The lowest BCUT2D eigenvalue weighted by atomic mass is 9.74. The second kappa shape index (κ2) is 6.30. The minimum atomic E-state index is 0.209. The molecule has 112 valence electrons. The third kappa shape index (κ3) is 2.79. The number of benzene rings is 1. The van der Waals surface area contributed by atoms with Gasteiger partial charge in [-0.2, -0.15) is 0 Å². The SMILES string of the molecule is CCc1cc(CC)c(C(N)C2(C)CCCC2)c(CC)c1. The Morgan fingerprint density at radius 3 is 1.90 bits per heavy atom. The van der Waals surface area contributed by atoms with Crippen LogP contribution < -0.4 is 5.73 Å². The zero-order valence-corrected chi connectivity index (χ0v) is 13.8. The quantitative estimate of drug-likeness (QED) is 0.806. The molecule has 0 heterocycles. The van der Waals surface area contributed by atoms with E-state index in [-0.39, 0.29) is 6.04 Å². The normalized spacial score (nSPS) is 19.2. The molecule has 1 aliphatic carbocycles. The van der Waals surface area contributed by atoms with E-state index in [2.05, 4.69) is 39.8 Å². The van der Waals surface area contributed by atoms with Gasteiger partial charge in [0.15, 0.2) is 0 Å². The molecule has 20 heavy (non-hydrogen) atoms. The van der Waals surface area contributed by atoms with Gasteiger partial charge in [0.05, 0.1) is 0 Å². The van der Waals surface area contributed by atoms with Gasteiger partial charge in [-0.25, -0.2) is 0 Å². The third-order valence-electron chi connectivity index (χ3n) is 5.39. The van der Waals surface area contributed by atoms with E-state index in [0.717, 1.165) is 19.3 Å². The molecule has 1 fully saturated rings. The number of nitrogens with two attached hydrogens (primary N) is 1. The van der Waals surface area contributed by atoms with Gasteiger partial charge in [0, 0.05) is 6.04 Å². The summed E-state index contributed by atoms with van der Waals surface area (Å²) in [5.41, 5.74) is 13.0. The van der Waals surface area contributed by atoms with E-state index in [9.17, 15) is 0 Å². The second-order valence-electron chi connectivity index (χ2n) is 6.73. The summed E-state index contributed by atoms with van der Waals surface area (Å²) in [6.45, 7) is 9.17. The molecule has 1 aliphatic rings. The Balaban J connectivity index is 2.48. The summed E-state index contributed by atoms with van der Waals surface area (Å²) in [6.07, 6.45) is 8.58. The highest BCUT2D eigenvalue weighted by Gasteiger charge is 2.37. The maximum Gasteiger partial charge on any atom is 0.0354 e. The summed E-state index contributed by atoms with van der Waals surface area (Å²) in [5.74, 6) is 0. The van der Waals surface area contributed by atoms with Gasteiger partial charge in [0.2, 0.25) is 0 Å². The van der Waals surface area contributed by atoms with Crippen LogP contribution in [0.3, 0.4) is 0 Å². The predicted octanol–water partition coefficient (Wildman–Crippen LogP) is 4.95. The second-order valence-corrected chi connectivity index (χ2v) is 6.73. The fourth-order valence-corrected chi connectivity index (χ4v) is 3.88. The molecule has 0 aliphatic heterocycles. The summed E-state index contributed by atoms with van der Waals surface area (Å²) >= 11 is 0. The third-order valence-corrected chi connectivity index (χ3v) is 5.39. The van der Waals surface area contributed by atoms with Gasteiger partial charge in [0.25, 0.3) is 0 Å². The molecule has 1 atom stereocenters. The van der Waals surface area contributed by atoms with Crippen LogP contribution >= 0.6 is 0 Å². The monoisotopic (exact) mass is 273 g/mol. The Morgan fingerprint density at radius 1 is 1.00 bits per heavy atom. The number of rotatable bonds is 5. The van der Waals surface area contributed by atoms with Gasteiger partial charge < -0.3 is 5.73 Å². The highest BCUT2D eigenvalue weighted by Crippen LogP contribution is 2.47. The zero-order chi connectivity index (χ0) is 14.8. The van der Waals surface area contributed by atoms with Crippen LogP contribution in [0.1, 0.15) is 81.7 Å². The molecule has 1 aromatic carbocycles. The lowest BCUT2D eigenvalue weighted by Gasteiger charge is -2.34. The van der Waals surface area contributed by atoms with E-state index in [0.29, 0.717) is 5.41 Å². The minimum Gasteiger partial charge on any atom is -0.323 e. The van der Waals surface area contributed by atoms with Crippen molar-refractivity contribution >= 4 is 0 Å². The molecule has 2 rings (SSSR count). The van der Waals surface area contributed by atoms with Crippen LogP contribution in [0.2, 0.25) is 0 Å². The molecule has 1 nitrogen and oxygen atoms in total. The van der Waals surface area contributed by atoms with Crippen LogP contribution in [0, 0.1) is 5.41 Å². The first-order valence-electron chi connectivity index (χ1n) is 8.45. The largest absolute Gasteiger partial charge is 0.323 e. The van der Waals surface area contributed by atoms with E-state index >= 15 is 0 Å². The summed E-state index contributed by atoms with van der Waals surface area (Å²) in [7, 11) is 0. The molecule has 1 unspecified atom stereocenters. The van der Waals surface area contributed by atoms with Crippen LogP contribution in [0.4, 0.5) is 0 Å². The van der Waals surface area contributed by atoms with Crippen molar-refractivity contribution in [2.45, 2.75) is 78.7 Å². The van der Waals surface area contributed by atoms with Gasteiger partial charge in [0.1, 0.15) is 0 Å². The molecule has 1 aromatic rings. The molecule has 0 bridgehead atoms. The molecular formula is C19H31N. The maximum atomic E-state index is 6.78. The van der Waals surface area contributed by atoms with Crippen molar-refractivity contribution in [2.24, 2.45) is 11.1 Å². The highest BCUT2D eigenvalue weighted by molar-refractivity contribution is 5.42. The fourth-order valence-electron chi connectivity index (χ4n) is 3.88. The van der Waals surface area contributed by atoms with Gasteiger partial charge in [-0.3, -0.25) is 0 Å². The molecule has 0 amide bonds. The van der Waals surface area contributed by atoms with Crippen molar-refractivity contribution in [3.63, 3.8) is 0 Å². The average molecular weight is 273 g/mol. The summed E-state index contributed by atoms with van der Waals surface area (Å²) in [6, 6.07) is 5.00. The van der Waals surface area contributed by atoms with E-state index in [1.807, 2.05) is 0 Å². The van der Waals surface area contributed by atoms with E-state index in [1.54, 1.807) is 0 Å². The molecule has 1 heteroatoms. The zero-order valence-electron chi connectivity index (χ0n) is 13.8. The number of aryl methyl sites for hydroxylation is 3. The van der Waals surface area contributed by atoms with Gasteiger partial charge in [-0.1, -0.05) is 52.7 Å². The first kappa shape index (κ1) is 15.6. The van der Waals surface area contributed by atoms with E-state index in [4.69, 9.17) is 5.73 Å². The van der Waals surface area contributed by atoms with Crippen LogP contribution in [-0.2, 0) is 19.3 Å². The van der Waals surface area contributed by atoms with Crippen molar-refractivity contribution in [1.82, 2.24) is 0 Å². The Bertz CT molecular complexity index is 430. The Hall–Kier alpha value is -0.820. The molecule has 0 aromatic heterocycles. The molecule has 0 saturated heterocycles. The van der Waals surface area contributed by atoms with E-state index in [1.165, 1.54) is 47.9 Å². The topological polar surface area (TPSA) is 26.0 Å². The molecule has 1 saturated carbocycles. The number of hydrogen-bond donors (Lipinski definition) is 1. The Kier molecular flexibility index (Phi) is 4.90. The van der Waals surface area contributed by atoms with Gasteiger partial charge in [-0.05, 0) is 59.8 Å².